The standard InChI is InChI=1S/C19H20ClFN2O4S/c1-27-18-9-6-15(11-17(18)20)22-19(24)13-3-2-10-23(12-13)28(25,26)16-7-4-14(21)5-8-16/h4-9,11,13H,2-3,10,12H2,1H3,(H,22,24). The summed E-state index contributed by atoms with van der Waals surface area (Å²) >= 11 is 6.07. The fourth-order valence-electron chi connectivity index (χ4n) is 3.12. The normalized spacial score (nSPS) is 17.9. The van der Waals surface area contributed by atoms with E-state index < -0.39 is 21.8 Å². The number of nitrogens with zero attached hydrogens (tertiary/aromatic N) is 1. The van der Waals surface area contributed by atoms with Gasteiger partial charge in [0.2, 0.25) is 15.9 Å². The number of hydrogen-bond donors (Lipinski definition) is 1. The summed E-state index contributed by atoms with van der Waals surface area (Å²) in [6.45, 7) is 0.382. The monoisotopic (exact) mass is 426 g/mol. The minimum Gasteiger partial charge on any atom is -0.495 e. The van der Waals surface area contributed by atoms with Gasteiger partial charge in [0.25, 0.3) is 0 Å². The van der Waals surface area contributed by atoms with Crippen LogP contribution in [0.2, 0.25) is 5.02 Å². The summed E-state index contributed by atoms with van der Waals surface area (Å²) < 4.78 is 45.0. The molecule has 1 aliphatic heterocycles. The molecule has 6 nitrogen and oxygen atoms in total. The van der Waals surface area contributed by atoms with Crippen LogP contribution in [0.25, 0.3) is 0 Å². The van der Waals surface area contributed by atoms with Gasteiger partial charge in [-0.2, -0.15) is 4.31 Å². The van der Waals surface area contributed by atoms with Crippen molar-refractivity contribution in [3.05, 3.63) is 53.3 Å². The van der Waals surface area contributed by atoms with E-state index in [1.54, 1.807) is 18.2 Å². The third-order valence-corrected chi connectivity index (χ3v) is 6.80. The first-order chi connectivity index (χ1) is 13.3. The SMILES string of the molecule is COc1ccc(NC(=O)C2CCCN(S(=O)(=O)c3ccc(F)cc3)C2)cc1Cl. The second-order valence-electron chi connectivity index (χ2n) is 6.49. The predicted octanol–water partition coefficient (Wildman–Crippen LogP) is 3.53. The molecule has 1 saturated heterocycles. The lowest BCUT2D eigenvalue weighted by Gasteiger charge is -2.31. The number of halogens is 2. The zero-order valence-corrected chi connectivity index (χ0v) is 16.8. The number of carbonyl (C=O) groups excluding carboxylic acids is 1. The number of amides is 1. The number of sulfonamides is 1. The summed E-state index contributed by atoms with van der Waals surface area (Å²) in [5, 5.41) is 3.14. The van der Waals surface area contributed by atoms with Crippen LogP contribution < -0.4 is 10.1 Å². The molecule has 1 N–H and O–H groups in total. The Kier molecular flexibility index (Phi) is 6.22. The first kappa shape index (κ1) is 20.6. The summed E-state index contributed by atoms with van der Waals surface area (Å²) in [7, 11) is -2.29. The molecule has 2 aromatic rings. The molecule has 0 radical (unpaired) electrons. The molecule has 0 spiro atoms. The van der Waals surface area contributed by atoms with Crippen LogP contribution in [0.4, 0.5) is 10.1 Å². The van der Waals surface area contributed by atoms with Gasteiger partial charge in [-0.1, -0.05) is 11.6 Å². The van der Waals surface area contributed by atoms with Crippen molar-refractivity contribution in [1.82, 2.24) is 4.31 Å². The molecule has 1 aliphatic rings. The van der Waals surface area contributed by atoms with Gasteiger partial charge >= 0.3 is 0 Å². The van der Waals surface area contributed by atoms with Gasteiger partial charge in [0.1, 0.15) is 11.6 Å². The predicted molar refractivity (Wildman–Crippen MR) is 105 cm³/mol. The molecule has 1 atom stereocenters. The summed E-state index contributed by atoms with van der Waals surface area (Å²) in [5.41, 5.74) is 0.509. The van der Waals surface area contributed by atoms with Crippen LogP contribution in [0.3, 0.4) is 0 Å². The Morgan fingerprint density at radius 1 is 1.25 bits per heavy atom. The first-order valence-corrected chi connectivity index (χ1v) is 10.5. The Hall–Kier alpha value is -2.16. The van der Waals surface area contributed by atoms with E-state index in [0.717, 1.165) is 12.1 Å². The van der Waals surface area contributed by atoms with Crippen molar-refractivity contribution >= 4 is 33.2 Å². The quantitative estimate of drug-likeness (QED) is 0.793. The van der Waals surface area contributed by atoms with Gasteiger partial charge in [-0.15, -0.1) is 0 Å². The van der Waals surface area contributed by atoms with Crippen LogP contribution in [0.1, 0.15) is 12.8 Å². The van der Waals surface area contributed by atoms with Crippen molar-refractivity contribution < 1.29 is 22.3 Å². The molecular formula is C19H20ClFN2O4S. The van der Waals surface area contributed by atoms with E-state index in [4.69, 9.17) is 16.3 Å². The van der Waals surface area contributed by atoms with Gasteiger partial charge in [-0.25, -0.2) is 12.8 Å². The van der Waals surface area contributed by atoms with Crippen molar-refractivity contribution in [2.24, 2.45) is 5.92 Å². The van der Waals surface area contributed by atoms with E-state index in [9.17, 15) is 17.6 Å². The van der Waals surface area contributed by atoms with Crippen LogP contribution >= 0.6 is 11.6 Å². The second kappa shape index (κ2) is 8.46. The number of hydrogen-bond acceptors (Lipinski definition) is 4. The lowest BCUT2D eigenvalue weighted by atomic mass is 9.98. The van der Waals surface area contributed by atoms with Crippen LogP contribution in [0, 0.1) is 11.7 Å². The fourth-order valence-corrected chi connectivity index (χ4v) is 4.90. The van der Waals surface area contributed by atoms with E-state index in [1.165, 1.54) is 23.5 Å². The molecule has 1 amide bonds. The van der Waals surface area contributed by atoms with Crippen molar-refractivity contribution in [3.63, 3.8) is 0 Å². The van der Waals surface area contributed by atoms with Crippen molar-refractivity contribution in [1.29, 1.82) is 0 Å². The van der Waals surface area contributed by atoms with Crippen molar-refractivity contribution in [2.45, 2.75) is 17.7 Å². The highest BCUT2D eigenvalue weighted by Crippen LogP contribution is 2.29. The van der Waals surface area contributed by atoms with E-state index >= 15 is 0 Å². The minimum absolute atomic E-state index is 0.0110. The number of carbonyl (C=O) groups is 1. The molecule has 28 heavy (non-hydrogen) atoms. The Balaban J connectivity index is 1.71. The molecule has 1 heterocycles. The first-order valence-electron chi connectivity index (χ1n) is 8.71. The summed E-state index contributed by atoms with van der Waals surface area (Å²) in [5.74, 6) is -0.785. The third kappa shape index (κ3) is 4.45. The molecule has 3 rings (SSSR count). The van der Waals surface area contributed by atoms with Crippen molar-refractivity contribution in [2.75, 3.05) is 25.5 Å². The van der Waals surface area contributed by atoms with Crippen molar-refractivity contribution in [3.8, 4) is 5.75 Å². The Bertz CT molecular complexity index is 966. The fraction of sp³-hybridized carbons (Fsp3) is 0.316. The van der Waals surface area contributed by atoms with Gasteiger partial charge in [-0.3, -0.25) is 4.79 Å². The van der Waals surface area contributed by atoms with Gasteiger partial charge in [-0.05, 0) is 55.3 Å². The molecule has 0 saturated carbocycles. The zero-order chi connectivity index (χ0) is 20.3. The van der Waals surface area contributed by atoms with Gasteiger partial charge in [0.15, 0.2) is 0 Å². The van der Waals surface area contributed by atoms with Crippen LogP contribution in [-0.2, 0) is 14.8 Å². The topological polar surface area (TPSA) is 75.7 Å². The van der Waals surface area contributed by atoms with Gasteiger partial charge in [0.05, 0.1) is 22.9 Å². The van der Waals surface area contributed by atoms with Crippen LogP contribution in [0.15, 0.2) is 47.4 Å². The average Bonchev–Trinajstić information content (AvgIpc) is 2.68. The number of benzene rings is 2. The molecule has 0 aromatic heterocycles. The smallest absolute Gasteiger partial charge is 0.243 e. The lowest BCUT2D eigenvalue weighted by Crippen LogP contribution is -2.43. The van der Waals surface area contributed by atoms with E-state index in [1.807, 2.05) is 0 Å². The lowest BCUT2D eigenvalue weighted by molar-refractivity contribution is -0.120. The van der Waals surface area contributed by atoms with Gasteiger partial charge < -0.3 is 10.1 Å². The number of methoxy groups -OCH3 is 1. The summed E-state index contributed by atoms with van der Waals surface area (Å²) in [6, 6.07) is 9.56. The molecule has 9 heteroatoms. The number of ether oxygens (including phenoxy) is 1. The van der Waals surface area contributed by atoms with Gasteiger partial charge in [0, 0.05) is 18.8 Å². The van der Waals surface area contributed by atoms with Crippen LogP contribution in [0.5, 0.6) is 5.75 Å². The Morgan fingerprint density at radius 3 is 2.61 bits per heavy atom. The molecule has 0 aliphatic carbocycles. The maximum Gasteiger partial charge on any atom is 0.243 e. The maximum atomic E-state index is 13.1. The average molecular weight is 427 g/mol. The van der Waals surface area contributed by atoms with E-state index in [-0.39, 0.29) is 17.3 Å². The molecule has 2 aromatic carbocycles. The number of anilines is 1. The second-order valence-corrected chi connectivity index (χ2v) is 8.84. The minimum atomic E-state index is -3.78. The Labute approximate surface area is 168 Å². The highest BCUT2D eigenvalue weighted by Gasteiger charge is 2.33. The zero-order valence-electron chi connectivity index (χ0n) is 15.2. The van der Waals surface area contributed by atoms with Crippen LogP contribution in [-0.4, -0.2) is 38.8 Å². The van der Waals surface area contributed by atoms with E-state index in [2.05, 4.69) is 5.32 Å². The largest absolute Gasteiger partial charge is 0.495 e. The Morgan fingerprint density at radius 2 is 1.96 bits per heavy atom. The molecule has 150 valence electrons. The maximum absolute atomic E-state index is 13.1. The number of rotatable bonds is 5. The summed E-state index contributed by atoms with van der Waals surface area (Å²) in [6.07, 6.45) is 1.13. The molecular weight excluding hydrogens is 407 g/mol. The molecule has 0 bridgehead atoms. The van der Waals surface area contributed by atoms with E-state index in [0.29, 0.717) is 35.8 Å². The third-order valence-electron chi connectivity index (χ3n) is 4.63. The highest BCUT2D eigenvalue weighted by molar-refractivity contribution is 7.89. The highest BCUT2D eigenvalue weighted by atomic mass is 35.5. The molecule has 1 fully saturated rings. The molecule has 1 unspecified atom stereocenters. The number of piperidine rings is 1. The number of nitrogens with one attached hydrogen (secondary N) is 1. The summed E-state index contributed by atoms with van der Waals surface area (Å²) in [4.78, 5) is 12.6.